The molecule has 7 heteroatoms. The molecule has 2 heterocycles. The second kappa shape index (κ2) is 7.13. The highest BCUT2D eigenvalue weighted by Gasteiger charge is 2.19. The maximum atomic E-state index is 13.0. The van der Waals surface area contributed by atoms with E-state index in [1.165, 1.54) is 9.13 Å². The Bertz CT molecular complexity index is 1280. The van der Waals surface area contributed by atoms with Crippen molar-refractivity contribution in [1.82, 2.24) is 18.7 Å². The van der Waals surface area contributed by atoms with Crippen LogP contribution in [0.15, 0.2) is 64.4 Å². The summed E-state index contributed by atoms with van der Waals surface area (Å²) >= 11 is 6.29. The molecule has 0 aliphatic heterocycles. The van der Waals surface area contributed by atoms with Crippen molar-refractivity contribution in [3.8, 4) is 5.69 Å². The van der Waals surface area contributed by atoms with E-state index in [0.29, 0.717) is 28.4 Å². The van der Waals surface area contributed by atoms with Crippen LogP contribution in [-0.2, 0) is 13.1 Å². The van der Waals surface area contributed by atoms with E-state index in [4.69, 9.17) is 11.6 Å². The van der Waals surface area contributed by atoms with Crippen LogP contribution in [0.5, 0.6) is 0 Å². The maximum Gasteiger partial charge on any atom is 0.337 e. The number of aryl methyl sites for hydroxylation is 1. The fourth-order valence-corrected chi connectivity index (χ4v) is 3.51. The van der Waals surface area contributed by atoms with Crippen LogP contribution in [0.3, 0.4) is 0 Å². The standard InChI is InChI=1S/C21H19ClN4O2/c1-3-25-20(27)18-19(26(21(25)28)16-10-8-14(2)9-11-16)23-13-24(18)12-15-6-4-5-7-17(15)22/h4-11,13H,3,12H2,1-2H3. The second-order valence-corrected chi connectivity index (χ2v) is 7.05. The predicted octanol–water partition coefficient (Wildman–Crippen LogP) is 3.38. The van der Waals surface area contributed by atoms with Crippen LogP contribution in [0, 0.1) is 6.92 Å². The molecule has 28 heavy (non-hydrogen) atoms. The topological polar surface area (TPSA) is 61.8 Å². The molecular formula is C21H19ClN4O2. The predicted molar refractivity (Wildman–Crippen MR) is 111 cm³/mol. The van der Waals surface area contributed by atoms with E-state index in [2.05, 4.69) is 4.98 Å². The van der Waals surface area contributed by atoms with Crippen molar-refractivity contribution in [3.63, 3.8) is 0 Å². The second-order valence-electron chi connectivity index (χ2n) is 6.64. The first kappa shape index (κ1) is 18.3. The maximum absolute atomic E-state index is 13.0. The van der Waals surface area contributed by atoms with Gasteiger partial charge in [-0.3, -0.25) is 9.36 Å². The van der Waals surface area contributed by atoms with Gasteiger partial charge >= 0.3 is 5.69 Å². The molecule has 2 aromatic heterocycles. The first-order valence-electron chi connectivity index (χ1n) is 9.02. The van der Waals surface area contributed by atoms with Gasteiger partial charge in [0.05, 0.1) is 18.6 Å². The minimum Gasteiger partial charge on any atom is -0.320 e. The molecule has 0 amide bonds. The molecule has 0 spiro atoms. The summed E-state index contributed by atoms with van der Waals surface area (Å²) in [5.41, 5.74) is 2.60. The van der Waals surface area contributed by atoms with Crippen molar-refractivity contribution < 1.29 is 0 Å². The molecule has 0 N–H and O–H groups in total. The molecule has 0 fully saturated rings. The molecule has 0 aliphatic carbocycles. The molecule has 0 saturated carbocycles. The van der Waals surface area contributed by atoms with Gasteiger partial charge in [0.1, 0.15) is 0 Å². The number of aromatic nitrogens is 4. The molecule has 0 aliphatic rings. The Kier molecular flexibility index (Phi) is 4.65. The third kappa shape index (κ3) is 2.96. The summed E-state index contributed by atoms with van der Waals surface area (Å²) in [6.45, 7) is 4.42. The first-order chi connectivity index (χ1) is 13.5. The third-order valence-corrected chi connectivity index (χ3v) is 5.18. The van der Waals surface area contributed by atoms with Crippen LogP contribution < -0.4 is 11.2 Å². The summed E-state index contributed by atoms with van der Waals surface area (Å²) in [5, 5.41) is 0.618. The molecule has 0 bridgehead atoms. The van der Waals surface area contributed by atoms with Gasteiger partial charge in [0.25, 0.3) is 5.56 Å². The molecule has 4 aromatic rings. The van der Waals surface area contributed by atoms with Gasteiger partial charge in [-0.05, 0) is 37.6 Å². The highest BCUT2D eigenvalue weighted by Crippen LogP contribution is 2.19. The van der Waals surface area contributed by atoms with E-state index in [1.807, 2.05) is 55.5 Å². The Balaban J connectivity index is 2.00. The molecule has 4 rings (SSSR count). The number of fused-ring (bicyclic) bond motifs is 1. The molecule has 142 valence electrons. The zero-order chi connectivity index (χ0) is 19.8. The fourth-order valence-electron chi connectivity index (χ4n) is 3.32. The van der Waals surface area contributed by atoms with Crippen molar-refractivity contribution in [2.75, 3.05) is 0 Å². The summed E-state index contributed by atoms with van der Waals surface area (Å²) in [7, 11) is 0. The highest BCUT2D eigenvalue weighted by molar-refractivity contribution is 6.31. The van der Waals surface area contributed by atoms with Gasteiger partial charge < -0.3 is 4.57 Å². The van der Waals surface area contributed by atoms with Gasteiger partial charge in [-0.15, -0.1) is 0 Å². The summed E-state index contributed by atoms with van der Waals surface area (Å²) in [6.07, 6.45) is 1.58. The lowest BCUT2D eigenvalue weighted by Gasteiger charge is -2.12. The van der Waals surface area contributed by atoms with Crippen LogP contribution in [-0.4, -0.2) is 18.7 Å². The quantitative estimate of drug-likeness (QED) is 0.533. The number of imidazole rings is 1. The minimum absolute atomic E-state index is 0.275. The van der Waals surface area contributed by atoms with Crippen molar-refractivity contribution in [1.29, 1.82) is 0 Å². The van der Waals surface area contributed by atoms with Crippen LogP contribution in [0.2, 0.25) is 5.02 Å². The van der Waals surface area contributed by atoms with E-state index >= 15 is 0 Å². The smallest absolute Gasteiger partial charge is 0.320 e. The first-order valence-corrected chi connectivity index (χ1v) is 9.40. The Labute approximate surface area is 166 Å². The number of hydrogen-bond donors (Lipinski definition) is 0. The number of rotatable bonds is 4. The molecule has 2 aromatic carbocycles. The number of nitrogens with zero attached hydrogens (tertiary/aromatic N) is 4. The number of hydrogen-bond acceptors (Lipinski definition) is 3. The van der Waals surface area contributed by atoms with Crippen LogP contribution in [0.4, 0.5) is 0 Å². The molecule has 0 saturated heterocycles. The van der Waals surface area contributed by atoms with Gasteiger partial charge in [0.15, 0.2) is 11.2 Å². The lowest BCUT2D eigenvalue weighted by atomic mass is 10.2. The fraction of sp³-hybridized carbons (Fsp3) is 0.190. The molecular weight excluding hydrogens is 376 g/mol. The van der Waals surface area contributed by atoms with Gasteiger partial charge in [-0.2, -0.15) is 0 Å². The van der Waals surface area contributed by atoms with E-state index in [9.17, 15) is 9.59 Å². The Hall–Kier alpha value is -3.12. The SMILES string of the molecule is CCn1c(=O)c2c(ncn2Cc2ccccc2Cl)n(-c2ccc(C)cc2)c1=O. The van der Waals surface area contributed by atoms with Crippen molar-refractivity contribution in [3.05, 3.63) is 91.8 Å². The largest absolute Gasteiger partial charge is 0.337 e. The van der Waals surface area contributed by atoms with Gasteiger partial charge in [0, 0.05) is 11.6 Å². The van der Waals surface area contributed by atoms with Crippen molar-refractivity contribution in [2.45, 2.75) is 26.9 Å². The van der Waals surface area contributed by atoms with Crippen LogP contribution in [0.25, 0.3) is 16.9 Å². The highest BCUT2D eigenvalue weighted by atomic mass is 35.5. The average Bonchev–Trinajstić information content (AvgIpc) is 3.09. The molecule has 6 nitrogen and oxygen atoms in total. The lowest BCUT2D eigenvalue weighted by Crippen LogP contribution is -2.39. The number of benzene rings is 2. The monoisotopic (exact) mass is 394 g/mol. The summed E-state index contributed by atoms with van der Waals surface area (Å²) in [6, 6.07) is 15.0. The lowest BCUT2D eigenvalue weighted by molar-refractivity contribution is 0.655. The molecule has 0 unspecified atom stereocenters. The average molecular weight is 395 g/mol. The van der Waals surface area contributed by atoms with Gasteiger partial charge in [-0.1, -0.05) is 47.5 Å². The van der Waals surface area contributed by atoms with Crippen molar-refractivity contribution >= 4 is 22.8 Å². The summed E-state index contributed by atoms with van der Waals surface area (Å²) < 4.78 is 4.46. The molecule has 0 atom stereocenters. The van der Waals surface area contributed by atoms with Crippen LogP contribution >= 0.6 is 11.6 Å². The van der Waals surface area contributed by atoms with E-state index in [0.717, 1.165) is 11.1 Å². The zero-order valence-corrected chi connectivity index (χ0v) is 16.3. The van der Waals surface area contributed by atoms with Crippen LogP contribution in [0.1, 0.15) is 18.1 Å². The Morgan fingerprint density at radius 1 is 1.04 bits per heavy atom. The number of halogens is 1. The van der Waals surface area contributed by atoms with E-state index in [1.54, 1.807) is 17.8 Å². The Morgan fingerprint density at radius 2 is 1.75 bits per heavy atom. The normalized spacial score (nSPS) is 11.2. The Morgan fingerprint density at radius 3 is 2.43 bits per heavy atom. The molecule has 0 radical (unpaired) electrons. The van der Waals surface area contributed by atoms with Crippen molar-refractivity contribution in [2.24, 2.45) is 0 Å². The summed E-state index contributed by atoms with van der Waals surface area (Å²) in [4.78, 5) is 30.4. The van der Waals surface area contributed by atoms with Gasteiger partial charge in [-0.25, -0.2) is 14.3 Å². The summed E-state index contributed by atoms with van der Waals surface area (Å²) in [5.74, 6) is 0. The van der Waals surface area contributed by atoms with Gasteiger partial charge in [0.2, 0.25) is 0 Å². The third-order valence-electron chi connectivity index (χ3n) is 4.81. The zero-order valence-electron chi connectivity index (χ0n) is 15.6. The minimum atomic E-state index is -0.396. The van der Waals surface area contributed by atoms with E-state index < -0.39 is 5.69 Å². The van der Waals surface area contributed by atoms with E-state index in [-0.39, 0.29) is 12.1 Å².